The normalized spacial score (nSPS) is 24.9. The van der Waals surface area contributed by atoms with E-state index in [1.807, 2.05) is 0 Å². The van der Waals surface area contributed by atoms with Crippen LogP contribution in [0.1, 0.15) is 80.1 Å². The molecular formula is C25H37N3O. The highest BCUT2D eigenvalue weighted by atomic mass is 16.2. The summed E-state index contributed by atoms with van der Waals surface area (Å²) in [5, 5.41) is 0. The smallest absolute Gasteiger partial charge is 0.254 e. The van der Waals surface area contributed by atoms with Gasteiger partial charge in [-0.05, 0) is 49.3 Å². The van der Waals surface area contributed by atoms with Gasteiger partial charge in [0.1, 0.15) is 0 Å². The Morgan fingerprint density at radius 2 is 1.52 bits per heavy atom. The summed E-state index contributed by atoms with van der Waals surface area (Å²) in [6.45, 7) is 6.63. The largest absolute Gasteiger partial charge is 0.369 e. The summed E-state index contributed by atoms with van der Waals surface area (Å²) in [5.74, 6) is 1.21. The average Bonchev–Trinajstić information content (AvgIpc) is 3.12. The predicted molar refractivity (Wildman–Crippen MR) is 118 cm³/mol. The molecule has 0 N–H and O–H groups in total. The Kier molecular flexibility index (Phi) is 5.81. The molecule has 5 rings (SSSR count). The van der Waals surface area contributed by atoms with Gasteiger partial charge in [0.25, 0.3) is 5.91 Å². The van der Waals surface area contributed by atoms with E-state index in [1.165, 1.54) is 82.0 Å². The second-order valence-corrected chi connectivity index (χ2v) is 9.86. The number of benzene rings is 1. The Morgan fingerprint density at radius 3 is 2.24 bits per heavy atom. The number of carbonyl (C=O) groups is 1. The van der Waals surface area contributed by atoms with Crippen LogP contribution in [-0.4, -0.2) is 54.5 Å². The Balaban J connectivity index is 1.19. The molecule has 3 fully saturated rings. The number of carbonyl (C=O) groups excluding carboxylic acids is 1. The summed E-state index contributed by atoms with van der Waals surface area (Å²) in [4.78, 5) is 20.4. The van der Waals surface area contributed by atoms with Gasteiger partial charge in [-0.1, -0.05) is 44.6 Å². The number of fused-ring (bicyclic) bond motifs is 1. The Bertz CT molecular complexity index is 713. The van der Waals surface area contributed by atoms with Gasteiger partial charge in [0.05, 0.1) is 0 Å². The standard InChI is InChI=1S/C25H37N3O/c29-25-24-17-23(12-11-21(24)19-28(25)22-9-5-2-6-10-22)27-15-13-26(14-16-27)18-20-7-3-1-4-8-20/h11-12,17,20,22H,1-10,13-16,18-19H2. The van der Waals surface area contributed by atoms with Crippen molar-refractivity contribution in [3.8, 4) is 0 Å². The van der Waals surface area contributed by atoms with Gasteiger partial charge in [-0.3, -0.25) is 9.69 Å². The van der Waals surface area contributed by atoms with Crippen molar-refractivity contribution in [3.63, 3.8) is 0 Å². The molecule has 0 atom stereocenters. The number of amides is 1. The highest BCUT2D eigenvalue weighted by Gasteiger charge is 2.34. The molecule has 4 heteroatoms. The van der Waals surface area contributed by atoms with Gasteiger partial charge in [0.2, 0.25) is 0 Å². The fourth-order valence-corrected chi connectivity index (χ4v) is 6.12. The lowest BCUT2D eigenvalue weighted by Crippen LogP contribution is -2.48. The van der Waals surface area contributed by atoms with E-state index >= 15 is 0 Å². The average molecular weight is 396 g/mol. The summed E-state index contributed by atoms with van der Waals surface area (Å²) in [6, 6.07) is 7.14. The van der Waals surface area contributed by atoms with Crippen molar-refractivity contribution in [2.24, 2.45) is 5.92 Å². The van der Waals surface area contributed by atoms with Gasteiger partial charge in [-0.2, -0.15) is 0 Å². The van der Waals surface area contributed by atoms with Crippen LogP contribution >= 0.6 is 0 Å². The fourth-order valence-electron chi connectivity index (χ4n) is 6.12. The predicted octanol–water partition coefficient (Wildman–Crippen LogP) is 4.68. The quantitative estimate of drug-likeness (QED) is 0.741. The van der Waals surface area contributed by atoms with Gasteiger partial charge in [-0.25, -0.2) is 0 Å². The molecule has 1 saturated heterocycles. The van der Waals surface area contributed by atoms with Crippen LogP contribution in [-0.2, 0) is 6.54 Å². The Hall–Kier alpha value is -1.55. The topological polar surface area (TPSA) is 26.8 Å². The maximum atomic E-state index is 13.1. The van der Waals surface area contributed by atoms with Crippen molar-refractivity contribution < 1.29 is 4.79 Å². The van der Waals surface area contributed by atoms with E-state index in [4.69, 9.17) is 0 Å². The summed E-state index contributed by atoms with van der Waals surface area (Å²) < 4.78 is 0. The van der Waals surface area contributed by atoms with Gasteiger partial charge in [0, 0.05) is 56.6 Å². The van der Waals surface area contributed by atoms with Gasteiger partial charge >= 0.3 is 0 Å². The number of hydrogen-bond acceptors (Lipinski definition) is 3. The minimum Gasteiger partial charge on any atom is -0.369 e. The van der Waals surface area contributed by atoms with Gasteiger partial charge < -0.3 is 9.80 Å². The second-order valence-electron chi connectivity index (χ2n) is 9.86. The monoisotopic (exact) mass is 395 g/mol. The first-order valence-electron chi connectivity index (χ1n) is 12.2. The molecule has 29 heavy (non-hydrogen) atoms. The van der Waals surface area contributed by atoms with Crippen molar-refractivity contribution in [1.29, 1.82) is 0 Å². The summed E-state index contributed by atoms with van der Waals surface area (Å²) in [5.41, 5.74) is 3.46. The number of nitrogens with zero attached hydrogens (tertiary/aromatic N) is 3. The van der Waals surface area contributed by atoms with Crippen molar-refractivity contribution in [2.75, 3.05) is 37.6 Å². The van der Waals surface area contributed by atoms with E-state index in [1.54, 1.807) is 0 Å². The molecule has 1 amide bonds. The van der Waals surface area contributed by atoms with Crippen LogP contribution in [0.15, 0.2) is 18.2 Å². The molecule has 2 aliphatic heterocycles. The van der Waals surface area contributed by atoms with Crippen molar-refractivity contribution in [2.45, 2.75) is 76.8 Å². The zero-order valence-corrected chi connectivity index (χ0v) is 18.0. The number of hydrogen-bond donors (Lipinski definition) is 0. The molecule has 0 bridgehead atoms. The van der Waals surface area contributed by atoms with Crippen LogP contribution in [0.3, 0.4) is 0 Å². The molecule has 158 valence electrons. The Morgan fingerprint density at radius 1 is 0.828 bits per heavy atom. The van der Waals surface area contributed by atoms with Crippen molar-refractivity contribution in [1.82, 2.24) is 9.80 Å². The lowest BCUT2D eigenvalue weighted by molar-refractivity contribution is 0.0660. The molecule has 4 nitrogen and oxygen atoms in total. The first-order chi connectivity index (χ1) is 14.3. The molecule has 0 radical (unpaired) electrons. The Labute approximate surface area is 176 Å². The summed E-state index contributed by atoms with van der Waals surface area (Å²) in [7, 11) is 0. The highest BCUT2D eigenvalue weighted by Crippen LogP contribution is 2.33. The first kappa shape index (κ1) is 19.4. The van der Waals surface area contributed by atoms with Crippen LogP contribution in [0.5, 0.6) is 0 Å². The molecule has 2 saturated carbocycles. The lowest BCUT2D eigenvalue weighted by atomic mass is 9.89. The molecule has 2 aliphatic carbocycles. The molecular weight excluding hydrogens is 358 g/mol. The number of rotatable bonds is 4. The second kappa shape index (κ2) is 8.67. The molecule has 1 aromatic rings. The van der Waals surface area contributed by atoms with Crippen LogP contribution < -0.4 is 4.90 Å². The minimum absolute atomic E-state index is 0.282. The van der Waals surface area contributed by atoms with Crippen LogP contribution in [0.2, 0.25) is 0 Å². The van der Waals surface area contributed by atoms with E-state index in [0.29, 0.717) is 6.04 Å². The third kappa shape index (κ3) is 4.19. The van der Waals surface area contributed by atoms with Crippen molar-refractivity contribution in [3.05, 3.63) is 29.3 Å². The molecule has 0 aromatic heterocycles. The summed E-state index contributed by atoms with van der Waals surface area (Å²) in [6.07, 6.45) is 13.5. The van der Waals surface area contributed by atoms with Gasteiger partial charge in [0.15, 0.2) is 0 Å². The minimum atomic E-state index is 0.282. The maximum Gasteiger partial charge on any atom is 0.254 e. The molecule has 0 unspecified atom stereocenters. The summed E-state index contributed by atoms with van der Waals surface area (Å²) >= 11 is 0. The zero-order valence-electron chi connectivity index (χ0n) is 18.0. The van der Waals surface area contributed by atoms with E-state index < -0.39 is 0 Å². The third-order valence-electron chi connectivity index (χ3n) is 7.92. The van der Waals surface area contributed by atoms with Crippen LogP contribution in [0.25, 0.3) is 0 Å². The van der Waals surface area contributed by atoms with Crippen LogP contribution in [0, 0.1) is 5.92 Å². The van der Waals surface area contributed by atoms with Gasteiger partial charge in [-0.15, -0.1) is 0 Å². The third-order valence-corrected chi connectivity index (χ3v) is 7.92. The van der Waals surface area contributed by atoms with E-state index in [-0.39, 0.29) is 5.91 Å². The zero-order chi connectivity index (χ0) is 19.6. The van der Waals surface area contributed by atoms with E-state index in [2.05, 4.69) is 32.9 Å². The molecule has 2 heterocycles. The molecule has 0 spiro atoms. The fraction of sp³-hybridized carbons (Fsp3) is 0.720. The lowest BCUT2D eigenvalue weighted by Gasteiger charge is -2.38. The number of anilines is 1. The number of piperazine rings is 1. The molecule has 1 aromatic carbocycles. The van der Waals surface area contributed by atoms with Crippen LogP contribution in [0.4, 0.5) is 5.69 Å². The SMILES string of the molecule is O=C1c2cc(N3CCN(CC4CCCCC4)CC3)ccc2CN1C1CCCCC1. The first-order valence-corrected chi connectivity index (χ1v) is 12.2. The molecule has 4 aliphatic rings. The maximum absolute atomic E-state index is 13.1. The van der Waals surface area contributed by atoms with Crippen molar-refractivity contribution >= 4 is 11.6 Å². The van der Waals surface area contributed by atoms with E-state index in [0.717, 1.165) is 44.2 Å². The van der Waals surface area contributed by atoms with E-state index in [9.17, 15) is 4.79 Å². The highest BCUT2D eigenvalue weighted by molar-refractivity contribution is 5.99.